The predicted octanol–water partition coefficient (Wildman–Crippen LogP) is 3.04. The van der Waals surface area contributed by atoms with Crippen molar-refractivity contribution < 1.29 is 14.3 Å². The average molecular weight is 327 g/mol. The number of carbonyl (C=O) groups is 2. The molecule has 0 fully saturated rings. The molecule has 1 aromatic carbocycles. The molecule has 6 heteroatoms. The van der Waals surface area contributed by atoms with Crippen LogP contribution < -0.4 is 15.4 Å². The maximum Gasteiger partial charge on any atom is 0.262 e. The van der Waals surface area contributed by atoms with Crippen molar-refractivity contribution in [1.82, 2.24) is 4.57 Å². The van der Waals surface area contributed by atoms with Crippen LogP contribution in [0.15, 0.2) is 42.7 Å². The van der Waals surface area contributed by atoms with E-state index in [-0.39, 0.29) is 24.5 Å². The minimum absolute atomic E-state index is 0.0167. The first kappa shape index (κ1) is 16.1. The van der Waals surface area contributed by atoms with E-state index >= 15 is 0 Å². The molecule has 6 nitrogen and oxygen atoms in total. The monoisotopic (exact) mass is 327 g/mol. The lowest BCUT2D eigenvalue weighted by Gasteiger charge is -2.22. The Labute approximate surface area is 140 Å². The number of amides is 2. The first-order valence-corrected chi connectivity index (χ1v) is 8.03. The molecule has 0 radical (unpaired) electrons. The first-order valence-electron chi connectivity index (χ1n) is 8.03. The summed E-state index contributed by atoms with van der Waals surface area (Å²) in [7, 11) is 0. The summed E-state index contributed by atoms with van der Waals surface area (Å²) in [4.78, 5) is 24.1. The van der Waals surface area contributed by atoms with E-state index in [1.807, 2.05) is 29.1 Å². The molecule has 1 atom stereocenters. The summed E-state index contributed by atoms with van der Waals surface area (Å²) >= 11 is 0. The second kappa shape index (κ2) is 6.78. The van der Waals surface area contributed by atoms with Gasteiger partial charge in [-0.05, 0) is 42.7 Å². The lowest BCUT2D eigenvalue weighted by atomic mass is 10.0. The van der Waals surface area contributed by atoms with Crippen molar-refractivity contribution in [2.45, 2.75) is 26.3 Å². The smallest absolute Gasteiger partial charge is 0.262 e. The number of hydrogen-bond donors (Lipinski definition) is 2. The molecule has 24 heavy (non-hydrogen) atoms. The molecule has 0 saturated heterocycles. The van der Waals surface area contributed by atoms with Gasteiger partial charge in [0.05, 0.1) is 5.69 Å². The van der Waals surface area contributed by atoms with Crippen LogP contribution in [0.2, 0.25) is 0 Å². The standard InChI is InChI=1S/C18H21N3O3/c1-12(2)9-15(21-7-3-4-8-21)18(23)19-13-5-6-16-14(10-13)20-17(22)11-24-16/h3-8,10,12,15H,9,11H2,1-2H3,(H,19,23)(H,20,22)/t15-/m0/s1. The van der Waals surface area contributed by atoms with E-state index in [1.54, 1.807) is 18.2 Å². The third-order valence-corrected chi connectivity index (χ3v) is 3.86. The van der Waals surface area contributed by atoms with Crippen molar-refractivity contribution in [3.63, 3.8) is 0 Å². The Balaban J connectivity index is 1.77. The fourth-order valence-electron chi connectivity index (χ4n) is 2.75. The molecule has 1 aliphatic rings. The average Bonchev–Trinajstić information content (AvgIpc) is 3.06. The largest absolute Gasteiger partial charge is 0.482 e. The number of rotatable bonds is 5. The highest BCUT2D eigenvalue weighted by molar-refractivity contribution is 5.98. The fraction of sp³-hybridized carbons (Fsp3) is 0.333. The van der Waals surface area contributed by atoms with Crippen LogP contribution in [0.3, 0.4) is 0 Å². The molecule has 0 bridgehead atoms. The second-order valence-electron chi connectivity index (χ2n) is 6.31. The van der Waals surface area contributed by atoms with Gasteiger partial charge in [-0.25, -0.2) is 0 Å². The van der Waals surface area contributed by atoms with Crippen molar-refractivity contribution in [2.24, 2.45) is 5.92 Å². The maximum atomic E-state index is 12.7. The van der Waals surface area contributed by atoms with E-state index in [0.717, 1.165) is 6.42 Å². The van der Waals surface area contributed by atoms with Gasteiger partial charge >= 0.3 is 0 Å². The SMILES string of the molecule is CC(C)C[C@@H](C(=O)Nc1ccc2c(c1)NC(=O)CO2)n1cccc1. The lowest BCUT2D eigenvalue weighted by molar-refractivity contribution is -0.120. The zero-order chi connectivity index (χ0) is 17.1. The zero-order valence-corrected chi connectivity index (χ0v) is 13.8. The van der Waals surface area contributed by atoms with Crippen LogP contribution in [-0.4, -0.2) is 23.0 Å². The van der Waals surface area contributed by atoms with Gasteiger partial charge in [-0.2, -0.15) is 0 Å². The lowest BCUT2D eigenvalue weighted by Crippen LogP contribution is -2.27. The Morgan fingerprint density at radius 2 is 2.08 bits per heavy atom. The van der Waals surface area contributed by atoms with Crippen LogP contribution in [0.4, 0.5) is 11.4 Å². The summed E-state index contributed by atoms with van der Waals surface area (Å²) in [6.07, 6.45) is 4.53. The van der Waals surface area contributed by atoms with Gasteiger partial charge in [0.25, 0.3) is 5.91 Å². The number of nitrogens with one attached hydrogen (secondary N) is 2. The highest BCUT2D eigenvalue weighted by Gasteiger charge is 2.22. The van der Waals surface area contributed by atoms with Gasteiger partial charge in [0.15, 0.2) is 6.61 Å². The molecule has 126 valence electrons. The van der Waals surface area contributed by atoms with E-state index in [1.165, 1.54) is 0 Å². The maximum absolute atomic E-state index is 12.7. The molecule has 0 aliphatic carbocycles. The molecule has 2 aromatic rings. The van der Waals surface area contributed by atoms with Crippen LogP contribution in [-0.2, 0) is 9.59 Å². The highest BCUT2D eigenvalue weighted by atomic mass is 16.5. The third-order valence-electron chi connectivity index (χ3n) is 3.86. The molecule has 3 rings (SSSR count). The van der Waals surface area contributed by atoms with Crippen molar-refractivity contribution in [3.8, 4) is 5.75 Å². The number of aromatic nitrogens is 1. The van der Waals surface area contributed by atoms with Crippen molar-refractivity contribution in [2.75, 3.05) is 17.2 Å². The highest BCUT2D eigenvalue weighted by Crippen LogP contribution is 2.31. The molecule has 2 heterocycles. The van der Waals surface area contributed by atoms with Crippen LogP contribution in [0.1, 0.15) is 26.3 Å². The topological polar surface area (TPSA) is 72.4 Å². The molecular formula is C18H21N3O3. The molecule has 0 unspecified atom stereocenters. The van der Waals surface area contributed by atoms with Gasteiger partial charge in [-0.15, -0.1) is 0 Å². The molecule has 0 saturated carbocycles. The number of hydrogen-bond acceptors (Lipinski definition) is 3. The molecule has 2 N–H and O–H groups in total. The first-order chi connectivity index (χ1) is 11.5. The van der Waals surface area contributed by atoms with Crippen LogP contribution in [0.5, 0.6) is 5.75 Å². The molecule has 0 spiro atoms. The fourth-order valence-corrected chi connectivity index (χ4v) is 2.75. The van der Waals surface area contributed by atoms with Gasteiger partial charge < -0.3 is 19.9 Å². The third kappa shape index (κ3) is 3.59. The number of benzene rings is 1. The number of ether oxygens (including phenoxy) is 1. The molecule has 1 aliphatic heterocycles. The van der Waals surface area contributed by atoms with E-state index < -0.39 is 0 Å². The Kier molecular flexibility index (Phi) is 4.55. The summed E-state index contributed by atoms with van der Waals surface area (Å²) in [6.45, 7) is 4.20. The van der Waals surface area contributed by atoms with E-state index in [4.69, 9.17) is 4.74 Å². The summed E-state index contributed by atoms with van der Waals surface area (Å²) in [5, 5.41) is 5.68. The van der Waals surface area contributed by atoms with Gasteiger partial charge in [0, 0.05) is 18.1 Å². The van der Waals surface area contributed by atoms with E-state index in [9.17, 15) is 9.59 Å². The van der Waals surface area contributed by atoms with E-state index in [2.05, 4.69) is 24.5 Å². The minimum Gasteiger partial charge on any atom is -0.482 e. The minimum atomic E-state index is -0.276. The summed E-state index contributed by atoms with van der Waals surface area (Å²) < 4.78 is 7.24. The van der Waals surface area contributed by atoms with E-state index in [0.29, 0.717) is 23.0 Å². The normalized spacial score (nSPS) is 14.5. The number of carbonyl (C=O) groups excluding carboxylic acids is 2. The van der Waals surface area contributed by atoms with Gasteiger partial charge in [-0.3, -0.25) is 9.59 Å². The quantitative estimate of drug-likeness (QED) is 0.886. The summed E-state index contributed by atoms with van der Waals surface area (Å²) in [5.74, 6) is 0.718. The summed E-state index contributed by atoms with van der Waals surface area (Å²) in [6, 6.07) is 8.78. The Bertz CT molecular complexity index is 738. The number of nitrogens with zero attached hydrogens (tertiary/aromatic N) is 1. The number of anilines is 2. The molecule has 2 amide bonds. The Hall–Kier alpha value is -2.76. The Morgan fingerprint density at radius 3 is 2.79 bits per heavy atom. The van der Waals surface area contributed by atoms with Crippen LogP contribution >= 0.6 is 0 Å². The summed E-state index contributed by atoms with van der Waals surface area (Å²) in [5.41, 5.74) is 1.20. The predicted molar refractivity (Wildman–Crippen MR) is 92.1 cm³/mol. The number of fused-ring (bicyclic) bond motifs is 1. The zero-order valence-electron chi connectivity index (χ0n) is 13.8. The molecule has 1 aromatic heterocycles. The van der Waals surface area contributed by atoms with Gasteiger partial charge in [0.1, 0.15) is 11.8 Å². The molecular weight excluding hydrogens is 306 g/mol. The van der Waals surface area contributed by atoms with Gasteiger partial charge in [0.2, 0.25) is 5.91 Å². The second-order valence-corrected chi connectivity index (χ2v) is 6.31. The van der Waals surface area contributed by atoms with Crippen molar-refractivity contribution in [3.05, 3.63) is 42.7 Å². The van der Waals surface area contributed by atoms with Crippen molar-refractivity contribution >= 4 is 23.2 Å². The van der Waals surface area contributed by atoms with Crippen LogP contribution in [0, 0.1) is 5.92 Å². The van der Waals surface area contributed by atoms with Crippen LogP contribution in [0.25, 0.3) is 0 Å². The Morgan fingerprint density at radius 1 is 1.33 bits per heavy atom. The van der Waals surface area contributed by atoms with Crippen molar-refractivity contribution in [1.29, 1.82) is 0 Å². The van der Waals surface area contributed by atoms with Gasteiger partial charge in [-0.1, -0.05) is 13.8 Å².